The zero-order valence-corrected chi connectivity index (χ0v) is 23.4. The minimum absolute atomic E-state index is 0.0523. The molecule has 0 radical (unpaired) electrons. The van der Waals surface area contributed by atoms with Crippen LogP contribution in [0.25, 0.3) is 0 Å². The van der Waals surface area contributed by atoms with Crippen molar-refractivity contribution in [2.45, 2.75) is 65.3 Å². The van der Waals surface area contributed by atoms with Crippen LogP contribution < -0.4 is 15.6 Å². The van der Waals surface area contributed by atoms with Gasteiger partial charge >= 0.3 is 5.56 Å². The van der Waals surface area contributed by atoms with E-state index < -0.39 is 52.9 Å². The Morgan fingerprint density at radius 2 is 1.93 bits per heavy atom. The molecular formula is C30H31F2N5O4. The van der Waals surface area contributed by atoms with E-state index in [2.05, 4.69) is 21.6 Å². The zero-order valence-electron chi connectivity index (χ0n) is 23.4. The van der Waals surface area contributed by atoms with Crippen LogP contribution in [0.1, 0.15) is 60.4 Å². The number of nitrogens with one attached hydrogen (secondary N) is 2. The Hall–Kier alpha value is -4.59. The normalized spacial score (nSPS) is 19.4. The lowest BCUT2D eigenvalue weighted by Crippen LogP contribution is -2.52. The van der Waals surface area contributed by atoms with Crippen LogP contribution in [0.3, 0.4) is 0 Å². The third kappa shape index (κ3) is 6.11. The summed E-state index contributed by atoms with van der Waals surface area (Å²) in [6, 6.07) is 10.6. The van der Waals surface area contributed by atoms with Crippen molar-refractivity contribution in [3.05, 3.63) is 87.1 Å². The molecule has 1 aromatic heterocycles. The van der Waals surface area contributed by atoms with Crippen molar-refractivity contribution in [1.29, 1.82) is 5.26 Å². The van der Waals surface area contributed by atoms with Crippen molar-refractivity contribution in [1.82, 2.24) is 20.4 Å². The third-order valence-corrected chi connectivity index (χ3v) is 7.27. The number of hydrogen-bond donors (Lipinski definition) is 2. The number of aryl methyl sites for hydroxylation is 2. The van der Waals surface area contributed by atoms with Crippen molar-refractivity contribution in [2.75, 3.05) is 0 Å². The van der Waals surface area contributed by atoms with Crippen molar-refractivity contribution < 1.29 is 23.1 Å². The number of carbonyl (C=O) groups is 2. The summed E-state index contributed by atoms with van der Waals surface area (Å²) in [6.45, 7) is 8.12. The second-order valence-corrected chi connectivity index (χ2v) is 10.8. The van der Waals surface area contributed by atoms with Crippen LogP contribution in [-0.2, 0) is 4.79 Å². The number of rotatable bonds is 7. The van der Waals surface area contributed by atoms with Crippen LogP contribution in [0.4, 0.5) is 8.78 Å². The fourth-order valence-corrected chi connectivity index (χ4v) is 5.04. The number of benzene rings is 2. The van der Waals surface area contributed by atoms with Gasteiger partial charge in [0.15, 0.2) is 5.75 Å². The first-order valence-corrected chi connectivity index (χ1v) is 13.1. The van der Waals surface area contributed by atoms with Crippen molar-refractivity contribution in [2.24, 2.45) is 5.41 Å². The van der Waals surface area contributed by atoms with E-state index in [-0.39, 0.29) is 23.3 Å². The summed E-state index contributed by atoms with van der Waals surface area (Å²) in [5.41, 5.74) is 0.0190. The average Bonchev–Trinajstić information content (AvgIpc) is 3.29. The van der Waals surface area contributed by atoms with E-state index in [0.717, 1.165) is 0 Å². The molecule has 2 aromatic carbocycles. The van der Waals surface area contributed by atoms with Crippen molar-refractivity contribution in [3.8, 4) is 17.6 Å². The molecule has 1 unspecified atom stereocenters. The largest absolute Gasteiger partial charge is 0.451 e. The highest BCUT2D eigenvalue weighted by molar-refractivity contribution is 5.98. The van der Waals surface area contributed by atoms with Gasteiger partial charge in [-0.25, -0.2) is 13.9 Å². The maximum Gasteiger partial charge on any atom is 0.307 e. The van der Waals surface area contributed by atoms with Crippen LogP contribution in [0.2, 0.25) is 0 Å². The summed E-state index contributed by atoms with van der Waals surface area (Å²) in [5, 5.41) is 18.6. The fraction of sp³-hybridized carbons (Fsp3) is 0.367. The first kappa shape index (κ1) is 29.4. The second-order valence-electron chi connectivity index (χ2n) is 10.8. The summed E-state index contributed by atoms with van der Waals surface area (Å²) in [6.07, 6.45) is -1.64. The van der Waals surface area contributed by atoms with Crippen LogP contribution >= 0.6 is 0 Å². The Kier molecular flexibility index (Phi) is 8.24. The number of aromatic nitrogens is 2. The standard InChI is InChI=1S/C30H31F2N5O4/c1-16-11-20(9-10-23(16)41-24-12-17(2)35-36-28(24)39)27(38)34-18(3)29(40)37-25(30(4,5)15-33)14-22(32)26(37)19-7-6-8-21(31)13-19/h6-13,18,22,25-26H,14H2,1-5H3,(H,34,38)(H,36,39)/t18-,22+,25?,26-/m1/s1. The lowest BCUT2D eigenvalue weighted by molar-refractivity contribution is -0.138. The Morgan fingerprint density at radius 1 is 1.20 bits per heavy atom. The molecule has 1 aliphatic heterocycles. The maximum atomic E-state index is 15.5. The topological polar surface area (TPSA) is 128 Å². The zero-order chi connectivity index (χ0) is 30.1. The number of amides is 2. The molecule has 41 heavy (non-hydrogen) atoms. The highest BCUT2D eigenvalue weighted by atomic mass is 19.1. The van der Waals surface area contributed by atoms with Gasteiger partial charge in [-0.15, -0.1) is 0 Å². The van der Waals surface area contributed by atoms with Crippen molar-refractivity contribution >= 4 is 11.8 Å². The number of carbonyl (C=O) groups excluding carboxylic acids is 2. The molecule has 0 spiro atoms. The number of H-pyrrole nitrogens is 1. The molecule has 0 bridgehead atoms. The average molecular weight is 564 g/mol. The highest BCUT2D eigenvalue weighted by Gasteiger charge is 2.51. The lowest BCUT2D eigenvalue weighted by Gasteiger charge is -2.37. The molecule has 1 fully saturated rings. The van der Waals surface area contributed by atoms with E-state index in [1.807, 2.05) is 0 Å². The van der Waals surface area contributed by atoms with Crippen LogP contribution in [0.15, 0.2) is 53.3 Å². The number of aromatic amines is 1. The third-order valence-electron chi connectivity index (χ3n) is 7.27. The molecule has 9 nitrogen and oxygen atoms in total. The van der Waals surface area contributed by atoms with Gasteiger partial charge in [-0.1, -0.05) is 12.1 Å². The summed E-state index contributed by atoms with van der Waals surface area (Å²) >= 11 is 0. The smallest absolute Gasteiger partial charge is 0.307 e. The van der Waals surface area contributed by atoms with E-state index in [0.29, 0.717) is 17.0 Å². The molecular weight excluding hydrogens is 532 g/mol. The van der Waals surface area contributed by atoms with Gasteiger partial charge in [0, 0.05) is 18.1 Å². The van der Waals surface area contributed by atoms with E-state index in [1.165, 1.54) is 48.2 Å². The molecule has 4 atom stereocenters. The number of nitriles is 1. The summed E-state index contributed by atoms with van der Waals surface area (Å²) < 4.78 is 35.2. The molecule has 2 amide bonds. The molecule has 3 aromatic rings. The number of ether oxygens (including phenoxy) is 1. The summed E-state index contributed by atoms with van der Waals surface area (Å²) in [4.78, 5) is 40.2. The van der Waals surface area contributed by atoms with Gasteiger partial charge in [0.2, 0.25) is 5.91 Å². The van der Waals surface area contributed by atoms with Gasteiger partial charge in [-0.2, -0.15) is 10.4 Å². The van der Waals surface area contributed by atoms with Crippen LogP contribution in [-0.4, -0.2) is 45.2 Å². The Balaban J connectivity index is 1.56. The maximum absolute atomic E-state index is 15.5. The van der Waals surface area contributed by atoms with Gasteiger partial charge in [0.1, 0.15) is 23.8 Å². The number of halogens is 2. The first-order chi connectivity index (χ1) is 19.3. The lowest BCUT2D eigenvalue weighted by atomic mass is 9.84. The Bertz CT molecular complexity index is 1580. The molecule has 1 aliphatic rings. The minimum Gasteiger partial charge on any atom is -0.451 e. The van der Waals surface area contributed by atoms with Crippen molar-refractivity contribution in [3.63, 3.8) is 0 Å². The minimum atomic E-state index is -1.53. The first-order valence-electron chi connectivity index (χ1n) is 13.1. The summed E-state index contributed by atoms with van der Waals surface area (Å²) in [5.74, 6) is -1.32. The number of nitrogens with zero attached hydrogens (tertiary/aromatic N) is 3. The van der Waals surface area contributed by atoms with Crippen LogP contribution in [0.5, 0.6) is 11.5 Å². The predicted octanol–water partition coefficient (Wildman–Crippen LogP) is 4.67. The van der Waals surface area contributed by atoms with Crippen LogP contribution in [0, 0.1) is 36.4 Å². The van der Waals surface area contributed by atoms with Gasteiger partial charge < -0.3 is 15.0 Å². The Morgan fingerprint density at radius 3 is 2.59 bits per heavy atom. The molecule has 4 rings (SSSR count). The molecule has 2 N–H and O–H groups in total. The molecule has 214 valence electrons. The summed E-state index contributed by atoms with van der Waals surface area (Å²) in [7, 11) is 0. The molecule has 0 saturated carbocycles. The molecule has 11 heteroatoms. The van der Waals surface area contributed by atoms with Gasteiger partial charge in [-0.3, -0.25) is 14.4 Å². The molecule has 0 aliphatic carbocycles. The number of likely N-dealkylation sites (tertiary alicyclic amines) is 1. The Labute approximate surface area is 236 Å². The van der Waals surface area contributed by atoms with E-state index in [9.17, 15) is 24.0 Å². The van der Waals surface area contributed by atoms with Gasteiger partial charge in [0.25, 0.3) is 5.91 Å². The van der Waals surface area contributed by atoms with E-state index in [4.69, 9.17) is 4.74 Å². The quantitative estimate of drug-likeness (QED) is 0.430. The predicted molar refractivity (Wildman–Crippen MR) is 146 cm³/mol. The fourth-order valence-electron chi connectivity index (χ4n) is 5.04. The SMILES string of the molecule is Cc1cc(Oc2ccc(C(=O)N[C@H](C)C(=O)N3C(C(C)(C)C#N)C[C@H](F)[C@H]3c3cccc(F)c3)cc2C)c(=O)[nH]n1. The van der Waals surface area contributed by atoms with E-state index >= 15 is 4.39 Å². The van der Waals surface area contributed by atoms with Gasteiger partial charge in [0.05, 0.1) is 29.3 Å². The monoisotopic (exact) mass is 563 g/mol. The van der Waals surface area contributed by atoms with Gasteiger partial charge in [-0.05, 0) is 76.1 Å². The molecule has 2 heterocycles. The number of alkyl halides is 1. The highest BCUT2D eigenvalue weighted by Crippen LogP contribution is 2.45. The molecule has 1 saturated heterocycles. The number of hydrogen-bond acceptors (Lipinski definition) is 6. The van der Waals surface area contributed by atoms with E-state index in [1.54, 1.807) is 39.8 Å². The second kappa shape index (κ2) is 11.5.